The number of benzene rings is 2. The molecule has 31 heavy (non-hydrogen) atoms. The van der Waals surface area contributed by atoms with Gasteiger partial charge in [0, 0.05) is 5.03 Å². The SMILES string of the molecule is CCOC(=O)C(NC(=O)c1ccc(F)cc1C(F)(F)F)C(O)/C(Cl)=C/c1ccccc1. The molecule has 2 aromatic carbocycles. The Morgan fingerprint density at radius 3 is 2.42 bits per heavy atom. The van der Waals surface area contributed by atoms with Crippen molar-refractivity contribution in [3.63, 3.8) is 0 Å². The van der Waals surface area contributed by atoms with Gasteiger partial charge in [0.2, 0.25) is 0 Å². The smallest absolute Gasteiger partial charge is 0.417 e. The predicted octanol–water partition coefficient (Wildman–Crippen LogP) is 4.15. The highest BCUT2D eigenvalue weighted by atomic mass is 35.5. The van der Waals surface area contributed by atoms with Crippen LogP contribution in [0.1, 0.15) is 28.4 Å². The predicted molar refractivity (Wildman–Crippen MR) is 106 cm³/mol. The Morgan fingerprint density at radius 1 is 1.19 bits per heavy atom. The number of carbonyl (C=O) groups is 2. The monoisotopic (exact) mass is 459 g/mol. The first-order valence-electron chi connectivity index (χ1n) is 8.99. The summed E-state index contributed by atoms with van der Waals surface area (Å²) in [5, 5.41) is 12.2. The number of halogens is 5. The van der Waals surface area contributed by atoms with Crippen LogP contribution < -0.4 is 5.32 Å². The first-order valence-corrected chi connectivity index (χ1v) is 9.36. The molecular weight excluding hydrogens is 442 g/mol. The number of ether oxygens (including phenoxy) is 1. The topological polar surface area (TPSA) is 75.6 Å². The van der Waals surface area contributed by atoms with Crippen molar-refractivity contribution in [3.8, 4) is 0 Å². The fourth-order valence-corrected chi connectivity index (χ4v) is 2.87. The number of amides is 1. The fourth-order valence-electron chi connectivity index (χ4n) is 2.62. The van der Waals surface area contributed by atoms with Crippen molar-refractivity contribution >= 4 is 29.6 Å². The lowest BCUT2D eigenvalue weighted by atomic mass is 10.0. The van der Waals surface area contributed by atoms with Crippen molar-refractivity contribution in [2.45, 2.75) is 25.2 Å². The number of alkyl halides is 3. The van der Waals surface area contributed by atoms with Crippen LogP contribution in [0.3, 0.4) is 0 Å². The molecule has 0 saturated heterocycles. The van der Waals surface area contributed by atoms with Gasteiger partial charge in [0.1, 0.15) is 11.9 Å². The lowest BCUT2D eigenvalue weighted by molar-refractivity contribution is -0.147. The number of rotatable bonds is 7. The third-order valence-electron chi connectivity index (χ3n) is 4.06. The van der Waals surface area contributed by atoms with E-state index in [-0.39, 0.29) is 17.7 Å². The van der Waals surface area contributed by atoms with E-state index in [4.69, 9.17) is 16.3 Å². The van der Waals surface area contributed by atoms with Gasteiger partial charge in [-0.25, -0.2) is 9.18 Å². The molecule has 0 aromatic heterocycles. The Labute approximate surface area is 180 Å². The van der Waals surface area contributed by atoms with Gasteiger partial charge in [0.25, 0.3) is 5.91 Å². The van der Waals surface area contributed by atoms with E-state index in [0.717, 1.165) is 0 Å². The summed E-state index contributed by atoms with van der Waals surface area (Å²) in [6.45, 7) is 1.34. The van der Waals surface area contributed by atoms with E-state index in [1.54, 1.807) is 30.3 Å². The largest absolute Gasteiger partial charge is 0.464 e. The standard InChI is InChI=1S/C21H18ClF4NO4/c1-2-31-20(30)17(18(28)16(22)10-12-6-4-3-5-7-12)27-19(29)14-9-8-13(23)11-15(14)21(24,25)26/h3-11,17-18,28H,2H2,1H3,(H,27,29)/b16-10-. The molecular formula is C21H18ClF4NO4. The average molecular weight is 460 g/mol. The number of hydrogen-bond donors (Lipinski definition) is 2. The van der Waals surface area contributed by atoms with Gasteiger partial charge in [0.15, 0.2) is 6.04 Å². The Bertz CT molecular complexity index is 964. The zero-order valence-electron chi connectivity index (χ0n) is 16.1. The molecule has 0 aliphatic rings. The molecule has 0 saturated carbocycles. The second-order valence-corrected chi connectivity index (χ2v) is 6.71. The van der Waals surface area contributed by atoms with E-state index in [1.807, 2.05) is 5.32 Å². The van der Waals surface area contributed by atoms with Gasteiger partial charge in [-0.2, -0.15) is 13.2 Å². The van der Waals surface area contributed by atoms with Crippen LogP contribution in [0.25, 0.3) is 6.08 Å². The van der Waals surface area contributed by atoms with E-state index < -0.39 is 47.1 Å². The summed E-state index contributed by atoms with van der Waals surface area (Å²) >= 11 is 6.08. The molecule has 5 nitrogen and oxygen atoms in total. The summed E-state index contributed by atoms with van der Waals surface area (Å²) in [6, 6.07) is 8.08. The Morgan fingerprint density at radius 2 is 1.84 bits per heavy atom. The highest BCUT2D eigenvalue weighted by Crippen LogP contribution is 2.32. The summed E-state index contributed by atoms with van der Waals surface area (Å²) in [5.41, 5.74) is -1.90. The van der Waals surface area contributed by atoms with E-state index in [2.05, 4.69) is 0 Å². The zero-order valence-corrected chi connectivity index (χ0v) is 16.9. The van der Waals surface area contributed by atoms with Crippen LogP contribution in [0.4, 0.5) is 17.6 Å². The lowest BCUT2D eigenvalue weighted by Gasteiger charge is -2.23. The maximum absolute atomic E-state index is 13.3. The lowest BCUT2D eigenvalue weighted by Crippen LogP contribution is -2.50. The average Bonchev–Trinajstić information content (AvgIpc) is 2.71. The highest BCUT2D eigenvalue weighted by Gasteiger charge is 2.38. The molecule has 166 valence electrons. The molecule has 10 heteroatoms. The number of nitrogens with one attached hydrogen (secondary N) is 1. The summed E-state index contributed by atoms with van der Waals surface area (Å²) in [5.74, 6) is -3.67. The number of aliphatic hydroxyl groups excluding tert-OH is 1. The van der Waals surface area contributed by atoms with Gasteiger partial charge in [-0.3, -0.25) is 4.79 Å². The van der Waals surface area contributed by atoms with Crippen LogP contribution in [-0.4, -0.2) is 35.7 Å². The molecule has 1 amide bonds. The molecule has 2 unspecified atom stereocenters. The van der Waals surface area contributed by atoms with Crippen molar-refractivity contribution in [3.05, 3.63) is 76.1 Å². The first-order chi connectivity index (χ1) is 14.5. The molecule has 0 bridgehead atoms. The summed E-state index contributed by atoms with van der Waals surface area (Å²) in [7, 11) is 0. The maximum Gasteiger partial charge on any atom is 0.417 e. The molecule has 0 fully saturated rings. The molecule has 0 aliphatic carbocycles. The Kier molecular flexibility index (Phi) is 8.18. The van der Waals surface area contributed by atoms with E-state index >= 15 is 0 Å². The summed E-state index contributed by atoms with van der Waals surface area (Å²) in [4.78, 5) is 24.8. The normalized spacial score (nSPS) is 14.0. The van der Waals surface area contributed by atoms with Crippen molar-refractivity contribution < 1.29 is 37.0 Å². The fraction of sp³-hybridized carbons (Fsp3) is 0.238. The second-order valence-electron chi connectivity index (χ2n) is 6.28. The minimum atomic E-state index is -5.03. The summed E-state index contributed by atoms with van der Waals surface area (Å²) < 4.78 is 57.7. The van der Waals surface area contributed by atoms with Crippen LogP contribution in [0, 0.1) is 5.82 Å². The van der Waals surface area contributed by atoms with E-state index in [0.29, 0.717) is 17.7 Å². The van der Waals surface area contributed by atoms with E-state index in [9.17, 15) is 32.3 Å². The van der Waals surface area contributed by atoms with Gasteiger partial charge >= 0.3 is 12.1 Å². The van der Waals surface area contributed by atoms with Crippen LogP contribution in [0.15, 0.2) is 53.6 Å². The zero-order chi connectivity index (χ0) is 23.2. The van der Waals surface area contributed by atoms with Crippen LogP contribution in [-0.2, 0) is 15.7 Å². The quantitative estimate of drug-likeness (QED) is 0.482. The molecule has 0 spiro atoms. The van der Waals surface area contributed by atoms with E-state index in [1.165, 1.54) is 13.0 Å². The van der Waals surface area contributed by atoms with Gasteiger partial charge in [0.05, 0.1) is 17.7 Å². The Balaban J connectivity index is 2.36. The van der Waals surface area contributed by atoms with Crippen LogP contribution in [0.5, 0.6) is 0 Å². The number of esters is 1. The maximum atomic E-state index is 13.3. The minimum absolute atomic E-state index is 0.123. The van der Waals surface area contributed by atoms with Crippen molar-refractivity contribution in [1.29, 1.82) is 0 Å². The van der Waals surface area contributed by atoms with Gasteiger partial charge in [-0.05, 0) is 36.8 Å². The van der Waals surface area contributed by atoms with Crippen LogP contribution >= 0.6 is 11.6 Å². The van der Waals surface area contributed by atoms with Gasteiger partial charge in [-0.15, -0.1) is 0 Å². The van der Waals surface area contributed by atoms with Crippen molar-refractivity contribution in [2.75, 3.05) is 6.61 Å². The summed E-state index contributed by atoms with van der Waals surface area (Å²) in [6.07, 6.45) is -5.53. The van der Waals surface area contributed by atoms with Crippen LogP contribution in [0.2, 0.25) is 0 Å². The minimum Gasteiger partial charge on any atom is -0.464 e. The van der Waals surface area contributed by atoms with Crippen molar-refractivity contribution in [1.82, 2.24) is 5.32 Å². The molecule has 0 heterocycles. The highest BCUT2D eigenvalue weighted by molar-refractivity contribution is 6.32. The third kappa shape index (κ3) is 6.53. The molecule has 2 aromatic rings. The van der Waals surface area contributed by atoms with Gasteiger partial charge < -0.3 is 15.2 Å². The van der Waals surface area contributed by atoms with Crippen molar-refractivity contribution in [2.24, 2.45) is 0 Å². The van der Waals surface area contributed by atoms with Gasteiger partial charge in [-0.1, -0.05) is 41.9 Å². The molecule has 0 radical (unpaired) electrons. The molecule has 2 rings (SSSR count). The third-order valence-corrected chi connectivity index (χ3v) is 4.39. The second kappa shape index (κ2) is 10.4. The number of hydrogen-bond acceptors (Lipinski definition) is 4. The molecule has 2 N–H and O–H groups in total. The first kappa shape index (κ1) is 24.4. The molecule has 2 atom stereocenters. The number of aliphatic hydroxyl groups is 1. The Hall–Kier alpha value is -2.91. The number of carbonyl (C=O) groups excluding carboxylic acids is 2. The molecule has 0 aliphatic heterocycles.